The number of furan rings is 1. The van der Waals surface area contributed by atoms with Crippen molar-refractivity contribution < 1.29 is 19.1 Å². The van der Waals surface area contributed by atoms with E-state index in [9.17, 15) is 9.59 Å². The number of carboxylic acids is 1. The average Bonchev–Trinajstić information content (AvgIpc) is 2.61. The standard InChI is InChI=1S/C9H12N2O4/c1-5(8(10)12)11-4-7-6(9(13)14)2-3-15-7/h2-3,5,11H,4H2,1H3,(H2,10,12)(H,13,14). The van der Waals surface area contributed by atoms with E-state index in [0.29, 0.717) is 0 Å². The summed E-state index contributed by atoms with van der Waals surface area (Å²) in [5.41, 5.74) is 5.11. The fraction of sp³-hybridized carbons (Fsp3) is 0.333. The van der Waals surface area contributed by atoms with Gasteiger partial charge in [0.25, 0.3) is 0 Å². The van der Waals surface area contributed by atoms with Gasteiger partial charge >= 0.3 is 5.97 Å². The van der Waals surface area contributed by atoms with Crippen molar-refractivity contribution in [1.29, 1.82) is 0 Å². The van der Waals surface area contributed by atoms with Crippen LogP contribution in [0.4, 0.5) is 0 Å². The second-order valence-electron chi connectivity index (χ2n) is 3.07. The van der Waals surface area contributed by atoms with Gasteiger partial charge in [0.05, 0.1) is 18.8 Å². The number of nitrogens with two attached hydrogens (primary N) is 1. The van der Waals surface area contributed by atoms with Gasteiger partial charge in [-0.1, -0.05) is 0 Å². The average molecular weight is 212 g/mol. The molecule has 1 unspecified atom stereocenters. The molecule has 0 saturated carbocycles. The van der Waals surface area contributed by atoms with E-state index in [1.165, 1.54) is 12.3 Å². The van der Waals surface area contributed by atoms with Crippen molar-refractivity contribution in [1.82, 2.24) is 5.32 Å². The van der Waals surface area contributed by atoms with Crippen LogP contribution < -0.4 is 11.1 Å². The maximum Gasteiger partial charge on any atom is 0.339 e. The van der Waals surface area contributed by atoms with Crippen LogP contribution in [-0.2, 0) is 11.3 Å². The Hall–Kier alpha value is -1.82. The van der Waals surface area contributed by atoms with Crippen LogP contribution in [0.3, 0.4) is 0 Å². The third-order valence-corrected chi connectivity index (χ3v) is 1.97. The number of primary amides is 1. The molecular formula is C9H12N2O4. The Labute approximate surface area is 86.1 Å². The zero-order chi connectivity index (χ0) is 11.4. The maximum absolute atomic E-state index is 10.7. The van der Waals surface area contributed by atoms with Crippen molar-refractivity contribution in [3.05, 3.63) is 23.7 Å². The van der Waals surface area contributed by atoms with Crippen molar-refractivity contribution in [2.75, 3.05) is 0 Å². The Balaban J connectivity index is 2.61. The Morgan fingerprint density at radius 2 is 2.33 bits per heavy atom. The minimum atomic E-state index is -1.06. The van der Waals surface area contributed by atoms with Crippen molar-refractivity contribution in [3.8, 4) is 0 Å². The van der Waals surface area contributed by atoms with Gasteiger partial charge in [0.2, 0.25) is 5.91 Å². The lowest BCUT2D eigenvalue weighted by Gasteiger charge is -2.08. The second kappa shape index (κ2) is 4.61. The van der Waals surface area contributed by atoms with Crippen molar-refractivity contribution in [2.45, 2.75) is 19.5 Å². The highest BCUT2D eigenvalue weighted by molar-refractivity contribution is 5.88. The van der Waals surface area contributed by atoms with E-state index < -0.39 is 17.9 Å². The van der Waals surface area contributed by atoms with Crippen LogP contribution in [0.5, 0.6) is 0 Å². The lowest BCUT2D eigenvalue weighted by molar-refractivity contribution is -0.119. The summed E-state index contributed by atoms with van der Waals surface area (Å²) < 4.78 is 4.96. The Morgan fingerprint density at radius 1 is 1.67 bits per heavy atom. The van der Waals surface area contributed by atoms with Crippen LogP contribution in [0.2, 0.25) is 0 Å². The SMILES string of the molecule is CC(NCc1occc1C(=O)O)C(N)=O. The highest BCUT2D eigenvalue weighted by atomic mass is 16.4. The Bertz CT molecular complexity index is 372. The molecule has 82 valence electrons. The van der Waals surface area contributed by atoms with Crippen LogP contribution in [0.25, 0.3) is 0 Å². The van der Waals surface area contributed by atoms with Gasteiger partial charge in [0.15, 0.2) is 0 Å². The summed E-state index contributed by atoms with van der Waals surface area (Å²) in [5, 5.41) is 11.5. The Kier molecular flexibility index (Phi) is 3.46. The first-order valence-electron chi connectivity index (χ1n) is 4.34. The number of rotatable bonds is 5. The van der Waals surface area contributed by atoms with Crippen LogP contribution in [0.1, 0.15) is 23.0 Å². The number of carboxylic acid groups (broad SMARTS) is 1. The number of hydrogen-bond donors (Lipinski definition) is 3. The molecule has 1 amide bonds. The van der Waals surface area contributed by atoms with Crippen molar-refractivity contribution >= 4 is 11.9 Å². The molecule has 1 aromatic heterocycles. The normalized spacial score (nSPS) is 12.3. The monoisotopic (exact) mass is 212 g/mol. The smallest absolute Gasteiger partial charge is 0.339 e. The molecule has 0 aromatic carbocycles. The fourth-order valence-electron chi connectivity index (χ4n) is 1.01. The molecule has 6 nitrogen and oxygen atoms in total. The third kappa shape index (κ3) is 2.81. The van der Waals surface area contributed by atoms with Crippen molar-refractivity contribution in [2.24, 2.45) is 5.73 Å². The summed E-state index contributed by atoms with van der Waals surface area (Å²) in [6, 6.07) is 0.825. The minimum Gasteiger partial charge on any atom is -0.478 e. The molecule has 15 heavy (non-hydrogen) atoms. The van der Waals surface area contributed by atoms with Gasteiger partial charge in [-0.2, -0.15) is 0 Å². The summed E-state index contributed by atoms with van der Waals surface area (Å²) in [4.78, 5) is 21.4. The largest absolute Gasteiger partial charge is 0.478 e. The van der Waals surface area contributed by atoms with Crippen LogP contribution >= 0.6 is 0 Å². The molecule has 0 aliphatic rings. The molecule has 0 radical (unpaired) electrons. The lowest BCUT2D eigenvalue weighted by atomic mass is 10.2. The fourth-order valence-corrected chi connectivity index (χ4v) is 1.01. The zero-order valence-electron chi connectivity index (χ0n) is 8.19. The Morgan fingerprint density at radius 3 is 2.87 bits per heavy atom. The number of carbonyl (C=O) groups is 2. The van der Waals surface area contributed by atoms with E-state index in [-0.39, 0.29) is 17.9 Å². The molecule has 0 bridgehead atoms. The first-order valence-corrected chi connectivity index (χ1v) is 4.34. The van der Waals surface area contributed by atoms with E-state index in [1.54, 1.807) is 6.92 Å². The van der Waals surface area contributed by atoms with Crippen LogP contribution in [0, 0.1) is 0 Å². The molecule has 1 rings (SSSR count). The predicted octanol–water partition coefficient (Wildman–Crippen LogP) is -0.0588. The van der Waals surface area contributed by atoms with Gasteiger partial charge < -0.3 is 15.3 Å². The number of carbonyl (C=O) groups excluding carboxylic acids is 1. The van der Waals surface area contributed by atoms with Gasteiger partial charge in [-0.25, -0.2) is 4.79 Å². The molecule has 6 heteroatoms. The molecule has 0 saturated heterocycles. The molecular weight excluding hydrogens is 200 g/mol. The van der Waals surface area contributed by atoms with Gasteiger partial charge in [-0.15, -0.1) is 0 Å². The summed E-state index contributed by atoms with van der Waals surface area (Å²) in [6.07, 6.45) is 1.29. The predicted molar refractivity (Wildman–Crippen MR) is 51.2 cm³/mol. The lowest BCUT2D eigenvalue weighted by Crippen LogP contribution is -2.38. The van der Waals surface area contributed by atoms with E-state index in [1.807, 2.05) is 0 Å². The topological polar surface area (TPSA) is 106 Å². The summed E-state index contributed by atoms with van der Waals surface area (Å²) >= 11 is 0. The van der Waals surface area contributed by atoms with Gasteiger partial charge in [0, 0.05) is 0 Å². The molecule has 0 fully saturated rings. The first-order chi connectivity index (χ1) is 7.02. The van der Waals surface area contributed by atoms with E-state index >= 15 is 0 Å². The van der Waals surface area contributed by atoms with E-state index in [0.717, 1.165) is 0 Å². The van der Waals surface area contributed by atoms with E-state index in [2.05, 4.69) is 5.32 Å². The zero-order valence-corrected chi connectivity index (χ0v) is 8.19. The molecule has 1 atom stereocenters. The molecule has 1 heterocycles. The molecule has 0 spiro atoms. The molecule has 4 N–H and O–H groups in total. The number of aromatic carboxylic acids is 1. The number of nitrogens with one attached hydrogen (secondary N) is 1. The van der Waals surface area contributed by atoms with Crippen LogP contribution in [-0.4, -0.2) is 23.0 Å². The van der Waals surface area contributed by atoms with Gasteiger partial charge in [-0.05, 0) is 13.0 Å². The van der Waals surface area contributed by atoms with Gasteiger partial charge in [-0.3, -0.25) is 10.1 Å². The van der Waals surface area contributed by atoms with Gasteiger partial charge in [0.1, 0.15) is 11.3 Å². The first kappa shape index (κ1) is 11.3. The second-order valence-corrected chi connectivity index (χ2v) is 3.07. The molecule has 0 aliphatic carbocycles. The van der Waals surface area contributed by atoms with E-state index in [4.69, 9.17) is 15.3 Å². The molecule has 1 aromatic rings. The van der Waals surface area contributed by atoms with Crippen LogP contribution in [0.15, 0.2) is 16.7 Å². The summed E-state index contributed by atoms with van der Waals surface area (Å²) in [7, 11) is 0. The minimum absolute atomic E-state index is 0.0826. The maximum atomic E-state index is 10.7. The third-order valence-electron chi connectivity index (χ3n) is 1.97. The number of amides is 1. The van der Waals surface area contributed by atoms with Crippen molar-refractivity contribution in [3.63, 3.8) is 0 Å². The number of hydrogen-bond acceptors (Lipinski definition) is 4. The summed E-state index contributed by atoms with van der Waals surface area (Å²) in [5.74, 6) is -1.29. The summed E-state index contributed by atoms with van der Waals surface area (Å²) in [6.45, 7) is 1.74. The quantitative estimate of drug-likeness (QED) is 0.634. The molecule has 0 aliphatic heterocycles. The highest BCUT2D eigenvalue weighted by Gasteiger charge is 2.15. The highest BCUT2D eigenvalue weighted by Crippen LogP contribution is 2.10.